The van der Waals surface area contributed by atoms with Crippen molar-refractivity contribution in [2.45, 2.75) is 208 Å². The second-order valence-corrected chi connectivity index (χ2v) is 29.2. The summed E-state index contributed by atoms with van der Waals surface area (Å²) in [6.07, 6.45) is 0.195. The van der Waals surface area contributed by atoms with Gasteiger partial charge < -0.3 is 38.9 Å². The standard InChI is InChI=1S/C19H21F5N2O2.2C18H21ClF2N2O2.C18H21F3N2O2/c1-17(20,21)6-5-16(27)26-9-7-18(8-10-26)12-15(25-28-18)13-3-2-4-14(11-13)19(22,23)24;1-17(20,21)7-6-16(24)23-10-8-18(9-11-23)12-15(22-25-18)13-2-4-14(19)5-3-13;1-17(20,21)7-6-16(24)23-10-8-18(9-11-23)12-15(22-25-18)13-4-2-3-5-14(13)19;1-17(20,21)7-6-16(24)23-10-8-18(9-11-23)12-15(22-25-18)13-2-4-14(19)5-3-13/h2-4,11H,5-10,12H2,1H3;3*2-5H,6-12H2,1H3. The van der Waals surface area contributed by atoms with E-state index in [1.165, 1.54) is 23.1 Å². The smallest absolute Gasteiger partial charge is 0.388 e. The third kappa shape index (κ3) is 22.9. The first kappa shape index (κ1) is 79.5. The maximum absolute atomic E-state index is 13.0. The number of hydrogen-bond acceptors (Lipinski definition) is 12. The Balaban J connectivity index is 0.000000160. The van der Waals surface area contributed by atoms with E-state index in [1.54, 1.807) is 32.9 Å². The fourth-order valence-corrected chi connectivity index (χ4v) is 13.6. The molecule has 0 atom stereocenters. The van der Waals surface area contributed by atoms with Gasteiger partial charge in [-0.2, -0.15) is 13.2 Å². The maximum atomic E-state index is 13.0. The number of carbonyl (C=O) groups excluding carboxylic acids is 4. The fourth-order valence-electron chi connectivity index (χ4n) is 13.2. The summed E-state index contributed by atoms with van der Waals surface area (Å²) < 4.78 is 155. The Kier molecular flexibility index (Phi) is 25.3. The van der Waals surface area contributed by atoms with E-state index in [0.717, 1.165) is 73.7 Å². The van der Waals surface area contributed by atoms with Crippen LogP contribution in [0.3, 0.4) is 0 Å². The minimum absolute atomic E-state index is 0.121. The molecule has 4 aromatic carbocycles. The van der Waals surface area contributed by atoms with Gasteiger partial charge in [0.15, 0.2) is 0 Å². The van der Waals surface area contributed by atoms with Crippen molar-refractivity contribution in [2.24, 2.45) is 20.6 Å². The molecular formula is C73H84Cl2F12N8O8. The largest absolute Gasteiger partial charge is 0.416 e. The van der Waals surface area contributed by atoms with Crippen molar-refractivity contribution >= 4 is 69.7 Å². The Morgan fingerprint density at radius 1 is 0.398 bits per heavy atom. The van der Waals surface area contributed by atoms with Gasteiger partial charge >= 0.3 is 6.18 Å². The molecule has 0 unspecified atom stereocenters. The Labute approximate surface area is 600 Å². The van der Waals surface area contributed by atoms with Crippen LogP contribution < -0.4 is 0 Å². The van der Waals surface area contributed by atoms with Crippen LogP contribution in [0.4, 0.5) is 52.7 Å². The molecule has 8 aliphatic heterocycles. The molecule has 0 aromatic heterocycles. The minimum atomic E-state index is -4.44. The Morgan fingerprint density at radius 2 is 0.699 bits per heavy atom. The number of amides is 4. The van der Waals surface area contributed by atoms with Crippen LogP contribution in [0.2, 0.25) is 10.0 Å². The van der Waals surface area contributed by atoms with E-state index in [9.17, 15) is 71.9 Å². The summed E-state index contributed by atoms with van der Waals surface area (Å²) in [6.45, 7) is 6.95. The highest BCUT2D eigenvalue weighted by Gasteiger charge is 2.48. The van der Waals surface area contributed by atoms with E-state index >= 15 is 0 Å². The Morgan fingerprint density at radius 3 is 1.02 bits per heavy atom. The van der Waals surface area contributed by atoms with Gasteiger partial charge in [0.25, 0.3) is 0 Å². The highest BCUT2D eigenvalue weighted by Crippen LogP contribution is 2.42. The van der Waals surface area contributed by atoms with Crippen LogP contribution in [-0.4, -0.2) is 165 Å². The third-order valence-electron chi connectivity index (χ3n) is 19.6. The average molecular weight is 1500 g/mol. The molecule has 4 saturated heterocycles. The quantitative estimate of drug-likeness (QED) is 0.0999. The molecule has 16 nitrogen and oxygen atoms in total. The van der Waals surface area contributed by atoms with Crippen molar-refractivity contribution in [1.82, 2.24) is 19.6 Å². The molecule has 0 radical (unpaired) electrons. The van der Waals surface area contributed by atoms with E-state index < -0.39 is 77.9 Å². The van der Waals surface area contributed by atoms with Gasteiger partial charge in [-0.15, -0.1) is 0 Å². The van der Waals surface area contributed by atoms with Crippen LogP contribution in [0.1, 0.15) is 184 Å². The molecule has 12 rings (SSSR count). The summed E-state index contributed by atoms with van der Waals surface area (Å²) in [7, 11) is 0. The lowest BCUT2D eigenvalue weighted by Gasteiger charge is -2.37. The molecule has 4 amide bonds. The van der Waals surface area contributed by atoms with Gasteiger partial charge in [-0.1, -0.05) is 98.4 Å². The fraction of sp³-hybridized carbons (Fsp3) is 0.562. The molecule has 8 heterocycles. The van der Waals surface area contributed by atoms with Crippen LogP contribution in [0, 0.1) is 5.82 Å². The van der Waals surface area contributed by atoms with Gasteiger partial charge in [-0.3, -0.25) is 19.2 Å². The Hall–Kier alpha value is -7.62. The van der Waals surface area contributed by atoms with Gasteiger partial charge in [0, 0.05) is 202 Å². The maximum Gasteiger partial charge on any atom is 0.416 e. The Bertz CT molecular complexity index is 3610. The number of piperidine rings is 4. The lowest BCUT2D eigenvalue weighted by atomic mass is 9.85. The van der Waals surface area contributed by atoms with Gasteiger partial charge in [-0.05, 0) is 81.3 Å². The number of alkyl halides is 11. The van der Waals surface area contributed by atoms with Gasteiger partial charge in [0.05, 0.1) is 28.4 Å². The predicted molar refractivity (Wildman–Crippen MR) is 363 cm³/mol. The number of oxime groups is 4. The zero-order valence-corrected chi connectivity index (χ0v) is 59.2. The van der Waals surface area contributed by atoms with Crippen molar-refractivity contribution in [1.29, 1.82) is 0 Å². The van der Waals surface area contributed by atoms with E-state index in [4.69, 9.17) is 42.6 Å². The summed E-state index contributed by atoms with van der Waals surface area (Å²) in [5, 5.41) is 17.9. The highest BCUT2D eigenvalue weighted by atomic mass is 35.5. The monoisotopic (exact) mass is 1500 g/mol. The average Bonchev–Trinajstić information content (AvgIpc) is 1.68. The van der Waals surface area contributed by atoms with Crippen LogP contribution in [0.25, 0.3) is 0 Å². The summed E-state index contributed by atoms with van der Waals surface area (Å²) >= 11 is 12.1. The lowest BCUT2D eigenvalue weighted by molar-refractivity contribution is -0.139. The minimum Gasteiger partial charge on any atom is -0.388 e. The second-order valence-electron chi connectivity index (χ2n) is 28.3. The van der Waals surface area contributed by atoms with Crippen LogP contribution >= 0.6 is 23.2 Å². The molecule has 103 heavy (non-hydrogen) atoms. The second kappa shape index (κ2) is 32.8. The topological polar surface area (TPSA) is 168 Å². The van der Waals surface area contributed by atoms with Crippen molar-refractivity contribution in [3.8, 4) is 0 Å². The van der Waals surface area contributed by atoms with E-state index in [2.05, 4.69) is 20.6 Å². The zero-order valence-electron chi connectivity index (χ0n) is 57.7. The zero-order chi connectivity index (χ0) is 74.8. The number of nitrogens with zero attached hydrogens (tertiary/aromatic N) is 8. The molecule has 0 aliphatic carbocycles. The molecule has 8 aliphatic rings. The van der Waals surface area contributed by atoms with Crippen molar-refractivity contribution < 1.29 is 91.2 Å². The number of halogens is 14. The first-order valence-electron chi connectivity index (χ1n) is 34.4. The van der Waals surface area contributed by atoms with Crippen molar-refractivity contribution in [2.75, 3.05) is 52.4 Å². The number of hydrogen-bond donors (Lipinski definition) is 0. The lowest BCUT2D eigenvalue weighted by Crippen LogP contribution is -2.47. The van der Waals surface area contributed by atoms with Crippen LogP contribution in [0.5, 0.6) is 0 Å². The van der Waals surface area contributed by atoms with E-state index in [0.29, 0.717) is 151 Å². The van der Waals surface area contributed by atoms with Crippen molar-refractivity contribution in [3.05, 3.63) is 141 Å². The summed E-state index contributed by atoms with van der Waals surface area (Å²) in [6, 6.07) is 26.0. The molecule has 4 fully saturated rings. The number of carbonyl (C=O) groups is 4. The van der Waals surface area contributed by atoms with Gasteiger partial charge in [0.2, 0.25) is 47.3 Å². The molecule has 0 saturated carbocycles. The van der Waals surface area contributed by atoms with Crippen LogP contribution in [0.15, 0.2) is 118 Å². The SMILES string of the molecule is CC(F)(F)CCC(=O)N1CCC2(CC1)CC(c1ccc(Cl)cc1)=NO2.CC(F)(F)CCC(=O)N1CCC2(CC1)CC(c1ccc(F)cc1)=NO2.CC(F)(F)CCC(=O)N1CCC2(CC1)CC(c1cccc(C(F)(F)F)c1)=NO2.CC(F)(F)CCC(=O)N1CCC2(CC1)CC(c1ccccc1Cl)=NO2. The molecule has 0 bridgehead atoms. The van der Waals surface area contributed by atoms with Crippen molar-refractivity contribution in [3.63, 3.8) is 0 Å². The van der Waals surface area contributed by atoms with Gasteiger partial charge in [0.1, 0.15) is 28.2 Å². The molecule has 4 aromatic rings. The summed E-state index contributed by atoms with van der Waals surface area (Å²) in [4.78, 5) is 77.4. The van der Waals surface area contributed by atoms with Gasteiger partial charge in [-0.25, -0.2) is 39.5 Å². The van der Waals surface area contributed by atoms with E-state index in [-0.39, 0.29) is 60.7 Å². The number of benzene rings is 4. The third-order valence-corrected chi connectivity index (χ3v) is 20.2. The molecule has 562 valence electrons. The highest BCUT2D eigenvalue weighted by molar-refractivity contribution is 6.34. The first-order valence-corrected chi connectivity index (χ1v) is 35.1. The predicted octanol–water partition coefficient (Wildman–Crippen LogP) is 16.9. The number of rotatable bonds is 16. The first-order chi connectivity index (χ1) is 48.3. The number of likely N-dealkylation sites (tertiary alicyclic amines) is 4. The summed E-state index contributed by atoms with van der Waals surface area (Å²) in [5.74, 6) is -12.6. The molecular weight excluding hydrogens is 1420 g/mol. The molecule has 30 heteroatoms. The summed E-state index contributed by atoms with van der Waals surface area (Å²) in [5.41, 5.74) is 3.26. The van der Waals surface area contributed by atoms with Crippen LogP contribution in [-0.2, 0) is 44.7 Å². The molecule has 0 N–H and O–H groups in total. The van der Waals surface area contributed by atoms with E-state index in [1.807, 2.05) is 48.5 Å². The normalized spacial score (nSPS) is 19.6. The molecule has 4 spiro atoms.